The number of ether oxygens (including phenoxy) is 1. The third kappa shape index (κ3) is 5.32. The number of carbonyl (C=O) groups excluding carboxylic acids is 1. The monoisotopic (exact) mass is 493 g/mol. The van der Waals surface area contributed by atoms with Crippen molar-refractivity contribution in [2.24, 2.45) is 0 Å². The molecular weight excluding hydrogens is 472 g/mol. The average molecular weight is 494 g/mol. The minimum atomic E-state index is -3.62. The Bertz CT molecular complexity index is 1310. The molecule has 2 aromatic carbocycles. The summed E-state index contributed by atoms with van der Waals surface area (Å²) in [7, 11) is -3.62. The van der Waals surface area contributed by atoms with E-state index in [1.807, 2.05) is 6.92 Å². The lowest BCUT2D eigenvalue weighted by molar-refractivity contribution is -0.113. The first kappa shape index (κ1) is 23.6. The van der Waals surface area contributed by atoms with Crippen LogP contribution in [0.3, 0.4) is 0 Å². The van der Waals surface area contributed by atoms with Crippen molar-refractivity contribution in [3.8, 4) is 0 Å². The van der Waals surface area contributed by atoms with E-state index in [2.05, 4.69) is 10.3 Å². The van der Waals surface area contributed by atoms with E-state index in [1.54, 1.807) is 18.2 Å². The second kappa shape index (κ2) is 9.72. The lowest BCUT2D eigenvalue weighted by Gasteiger charge is -2.26. The fraction of sp³-hybridized carbons (Fsp3) is 0.273. The first-order chi connectivity index (χ1) is 15.7. The molecule has 11 heteroatoms. The van der Waals surface area contributed by atoms with Crippen LogP contribution in [0.25, 0.3) is 10.9 Å². The van der Waals surface area contributed by atoms with Crippen LogP contribution in [0.1, 0.15) is 5.56 Å². The van der Waals surface area contributed by atoms with Crippen molar-refractivity contribution in [1.82, 2.24) is 9.29 Å². The van der Waals surface area contributed by atoms with Crippen molar-refractivity contribution in [1.29, 1.82) is 0 Å². The number of fused-ring (bicyclic) bond motifs is 1. The highest BCUT2D eigenvalue weighted by molar-refractivity contribution is 7.99. The number of nitrogens with zero attached hydrogens (tertiary/aromatic N) is 2. The third-order valence-electron chi connectivity index (χ3n) is 5.13. The Morgan fingerprint density at radius 3 is 2.64 bits per heavy atom. The van der Waals surface area contributed by atoms with Gasteiger partial charge in [0.25, 0.3) is 0 Å². The standard InChI is InChI=1S/C22H21F2N3O4S2/c1-14-10-22(32-13-21(28)25-20-4-2-15(23)11-18(20)24)26-19-5-3-16(12-17(14)19)33(29,30)27-6-8-31-9-7-27/h2-5,10-12H,6-9,13H2,1H3,(H,25,28). The van der Waals surface area contributed by atoms with Crippen LogP contribution in [-0.2, 0) is 19.6 Å². The van der Waals surface area contributed by atoms with Gasteiger partial charge in [-0.05, 0) is 48.9 Å². The van der Waals surface area contributed by atoms with Gasteiger partial charge >= 0.3 is 0 Å². The highest BCUT2D eigenvalue weighted by atomic mass is 32.2. The van der Waals surface area contributed by atoms with E-state index in [9.17, 15) is 22.0 Å². The smallest absolute Gasteiger partial charge is 0.243 e. The summed E-state index contributed by atoms with van der Waals surface area (Å²) >= 11 is 1.16. The molecule has 4 rings (SSSR count). The predicted octanol–water partition coefficient (Wildman–Crippen LogP) is 3.57. The van der Waals surface area contributed by atoms with E-state index in [0.717, 1.165) is 29.5 Å². The Kier molecular flexibility index (Phi) is 6.94. The number of aromatic nitrogens is 1. The number of carbonyl (C=O) groups is 1. The number of nitrogens with one attached hydrogen (secondary N) is 1. The summed E-state index contributed by atoms with van der Waals surface area (Å²) in [5.74, 6) is -2.07. The van der Waals surface area contributed by atoms with Gasteiger partial charge < -0.3 is 10.1 Å². The van der Waals surface area contributed by atoms with Gasteiger partial charge in [-0.2, -0.15) is 4.31 Å². The van der Waals surface area contributed by atoms with Crippen molar-refractivity contribution in [2.75, 3.05) is 37.4 Å². The summed E-state index contributed by atoms with van der Waals surface area (Å²) in [5.41, 5.74) is 1.31. The van der Waals surface area contributed by atoms with Crippen LogP contribution >= 0.6 is 11.8 Å². The molecule has 7 nitrogen and oxygen atoms in total. The van der Waals surface area contributed by atoms with Gasteiger partial charge in [0.05, 0.1) is 40.1 Å². The zero-order valence-electron chi connectivity index (χ0n) is 17.7. The Morgan fingerprint density at radius 1 is 1.15 bits per heavy atom. The molecule has 1 aromatic heterocycles. The number of hydrogen-bond acceptors (Lipinski definition) is 6. The second-order valence-corrected chi connectivity index (χ2v) is 10.4. The number of morpholine rings is 1. The summed E-state index contributed by atoms with van der Waals surface area (Å²) in [6, 6.07) is 9.48. The van der Waals surface area contributed by atoms with Gasteiger partial charge in [0.2, 0.25) is 15.9 Å². The number of thioether (sulfide) groups is 1. The molecule has 33 heavy (non-hydrogen) atoms. The molecule has 1 amide bonds. The van der Waals surface area contributed by atoms with Crippen molar-refractivity contribution in [2.45, 2.75) is 16.8 Å². The fourth-order valence-corrected chi connectivity index (χ4v) is 5.64. The van der Waals surface area contributed by atoms with Crippen LogP contribution in [0.15, 0.2) is 52.4 Å². The topological polar surface area (TPSA) is 88.6 Å². The Morgan fingerprint density at radius 2 is 1.91 bits per heavy atom. The van der Waals surface area contributed by atoms with Crippen LogP contribution in [0.4, 0.5) is 14.5 Å². The molecule has 1 saturated heterocycles. The summed E-state index contributed by atoms with van der Waals surface area (Å²) in [4.78, 5) is 16.9. The van der Waals surface area contributed by atoms with E-state index >= 15 is 0 Å². The van der Waals surface area contributed by atoms with Gasteiger partial charge in [-0.15, -0.1) is 0 Å². The zero-order valence-corrected chi connectivity index (χ0v) is 19.3. The number of hydrogen-bond donors (Lipinski definition) is 1. The lowest BCUT2D eigenvalue weighted by atomic mass is 10.1. The Balaban J connectivity index is 1.48. The molecule has 0 bridgehead atoms. The summed E-state index contributed by atoms with van der Waals surface area (Å²) in [5, 5.41) is 3.67. The molecule has 3 aromatic rings. The van der Waals surface area contributed by atoms with Crippen molar-refractivity contribution in [3.63, 3.8) is 0 Å². The van der Waals surface area contributed by atoms with Crippen molar-refractivity contribution in [3.05, 3.63) is 59.7 Å². The highest BCUT2D eigenvalue weighted by Crippen LogP contribution is 2.27. The van der Waals surface area contributed by atoms with Gasteiger partial charge in [-0.25, -0.2) is 22.2 Å². The van der Waals surface area contributed by atoms with Gasteiger partial charge in [-0.1, -0.05) is 11.8 Å². The molecule has 1 fully saturated rings. The van der Waals surface area contributed by atoms with Gasteiger partial charge in [0.15, 0.2) is 0 Å². The summed E-state index contributed by atoms with van der Waals surface area (Å²) < 4.78 is 59.2. The average Bonchev–Trinajstić information content (AvgIpc) is 2.80. The van der Waals surface area contributed by atoms with Crippen molar-refractivity contribution >= 4 is 44.3 Å². The second-order valence-electron chi connectivity index (χ2n) is 7.43. The van der Waals surface area contributed by atoms with Crippen LogP contribution in [0, 0.1) is 18.6 Å². The first-order valence-electron chi connectivity index (χ1n) is 10.1. The number of pyridine rings is 1. The lowest BCUT2D eigenvalue weighted by Crippen LogP contribution is -2.40. The number of amides is 1. The Labute approximate surface area is 194 Å². The molecule has 0 radical (unpaired) electrons. The number of benzene rings is 2. The number of anilines is 1. The quantitative estimate of drug-likeness (QED) is 0.528. The van der Waals surface area contributed by atoms with Gasteiger partial charge in [0.1, 0.15) is 11.6 Å². The molecular formula is C22H21F2N3O4S2. The molecule has 1 aliphatic heterocycles. The number of halogens is 2. The van der Waals surface area contributed by atoms with Crippen LogP contribution in [0.5, 0.6) is 0 Å². The van der Waals surface area contributed by atoms with E-state index < -0.39 is 27.6 Å². The molecule has 0 unspecified atom stereocenters. The maximum Gasteiger partial charge on any atom is 0.243 e. The van der Waals surface area contributed by atoms with Crippen LogP contribution in [0.2, 0.25) is 0 Å². The maximum absolute atomic E-state index is 13.7. The molecule has 0 atom stereocenters. The third-order valence-corrected chi connectivity index (χ3v) is 7.93. The van der Waals surface area contributed by atoms with Crippen molar-refractivity contribution < 1.29 is 26.7 Å². The first-order valence-corrected chi connectivity index (χ1v) is 12.5. The summed E-state index contributed by atoms with van der Waals surface area (Å²) in [6.07, 6.45) is 0. The molecule has 1 aliphatic rings. The number of rotatable bonds is 6. The normalized spacial score (nSPS) is 15.0. The van der Waals surface area contributed by atoms with E-state index in [4.69, 9.17) is 4.74 Å². The number of sulfonamides is 1. The zero-order chi connectivity index (χ0) is 23.6. The molecule has 174 valence electrons. The summed E-state index contributed by atoms with van der Waals surface area (Å²) in [6.45, 7) is 3.21. The van der Waals surface area contributed by atoms with E-state index in [0.29, 0.717) is 48.3 Å². The highest BCUT2D eigenvalue weighted by Gasteiger charge is 2.26. The largest absolute Gasteiger partial charge is 0.379 e. The Hall–Kier alpha value is -2.60. The molecule has 2 heterocycles. The van der Waals surface area contributed by atoms with Gasteiger partial charge in [-0.3, -0.25) is 4.79 Å². The molecule has 0 aliphatic carbocycles. The van der Waals surface area contributed by atoms with E-state index in [1.165, 1.54) is 10.4 Å². The van der Waals surface area contributed by atoms with Gasteiger partial charge in [0, 0.05) is 24.5 Å². The predicted molar refractivity (Wildman–Crippen MR) is 122 cm³/mol. The minimum absolute atomic E-state index is 0.0295. The number of aryl methyl sites for hydroxylation is 1. The molecule has 1 N–H and O–H groups in total. The maximum atomic E-state index is 13.7. The SMILES string of the molecule is Cc1cc(SCC(=O)Nc2ccc(F)cc2F)nc2ccc(S(=O)(=O)N3CCOCC3)cc12. The van der Waals surface area contributed by atoms with Crippen LogP contribution in [-0.4, -0.2) is 55.7 Å². The molecule has 0 saturated carbocycles. The van der Waals surface area contributed by atoms with Crippen LogP contribution < -0.4 is 5.32 Å². The fourth-order valence-electron chi connectivity index (χ4n) is 3.43. The molecule has 0 spiro atoms. The van der Waals surface area contributed by atoms with E-state index in [-0.39, 0.29) is 16.3 Å². The minimum Gasteiger partial charge on any atom is -0.379 e.